The SMILES string of the molecule is O=S(=O)(c1ccc(-n2cnnn2)cc1)c1ccc(-[n+]2cnn[nH]2)cc1. The number of hydrogen-bond donors (Lipinski definition) is 1. The number of rotatable bonds is 4. The lowest BCUT2D eigenvalue weighted by Crippen LogP contribution is -2.31. The molecule has 25 heavy (non-hydrogen) atoms. The van der Waals surface area contributed by atoms with Crippen LogP contribution in [-0.4, -0.2) is 44.2 Å². The van der Waals surface area contributed by atoms with Crippen LogP contribution in [0.4, 0.5) is 0 Å². The van der Waals surface area contributed by atoms with Crippen molar-refractivity contribution < 1.29 is 13.1 Å². The number of tetrazole rings is 2. The molecule has 1 N–H and O–H groups in total. The summed E-state index contributed by atoms with van der Waals surface area (Å²) in [5.74, 6) is 0. The van der Waals surface area contributed by atoms with E-state index in [1.807, 2.05) is 0 Å². The van der Waals surface area contributed by atoms with E-state index in [0.717, 1.165) is 5.69 Å². The highest BCUT2D eigenvalue weighted by molar-refractivity contribution is 7.91. The molecule has 0 spiro atoms. The number of H-pyrrole nitrogens is 1. The van der Waals surface area contributed by atoms with Gasteiger partial charge in [0.05, 0.1) is 15.5 Å². The minimum absolute atomic E-state index is 0.188. The second-order valence-electron chi connectivity index (χ2n) is 5.05. The van der Waals surface area contributed by atoms with Gasteiger partial charge in [0, 0.05) is 0 Å². The van der Waals surface area contributed by atoms with Crippen LogP contribution in [0.3, 0.4) is 0 Å². The van der Waals surface area contributed by atoms with E-state index in [-0.39, 0.29) is 9.79 Å². The minimum atomic E-state index is -3.62. The Bertz CT molecular complexity index is 989. The minimum Gasteiger partial charge on any atom is -0.219 e. The predicted octanol–water partition coefficient (Wildman–Crippen LogP) is -0.110. The van der Waals surface area contributed by atoms with Crippen LogP contribution in [0.2, 0.25) is 0 Å². The summed E-state index contributed by atoms with van der Waals surface area (Å²) < 4.78 is 28.5. The van der Waals surface area contributed by atoms with Crippen LogP contribution in [0.25, 0.3) is 11.4 Å². The third-order valence-electron chi connectivity index (χ3n) is 3.56. The average molecular weight is 355 g/mol. The van der Waals surface area contributed by atoms with Gasteiger partial charge in [0.2, 0.25) is 9.84 Å². The fourth-order valence-electron chi connectivity index (χ4n) is 2.28. The van der Waals surface area contributed by atoms with Gasteiger partial charge in [0.15, 0.2) is 5.21 Å². The summed E-state index contributed by atoms with van der Waals surface area (Å²) >= 11 is 0. The van der Waals surface area contributed by atoms with Gasteiger partial charge in [-0.2, -0.15) is 0 Å². The molecule has 0 aliphatic rings. The van der Waals surface area contributed by atoms with Crippen LogP contribution in [0.15, 0.2) is 71.0 Å². The Morgan fingerprint density at radius 3 is 2.16 bits per heavy atom. The number of hydrogen-bond acceptors (Lipinski definition) is 7. The molecular weight excluding hydrogens is 344 g/mol. The van der Waals surface area contributed by atoms with E-state index in [1.165, 1.54) is 41.6 Å². The average Bonchev–Trinajstić information content (AvgIpc) is 3.36. The molecule has 0 aliphatic heterocycles. The van der Waals surface area contributed by atoms with Crippen molar-refractivity contribution in [3.8, 4) is 11.4 Å². The third-order valence-corrected chi connectivity index (χ3v) is 5.35. The quantitative estimate of drug-likeness (QED) is 0.507. The van der Waals surface area contributed by atoms with E-state index in [9.17, 15) is 8.42 Å². The fourth-order valence-corrected chi connectivity index (χ4v) is 3.54. The lowest BCUT2D eigenvalue weighted by atomic mass is 10.3. The summed E-state index contributed by atoms with van der Waals surface area (Å²) in [4.78, 5) is 0.382. The van der Waals surface area contributed by atoms with Gasteiger partial charge in [0.1, 0.15) is 17.1 Å². The normalized spacial score (nSPS) is 11.5. The maximum Gasteiger partial charge on any atom is 0.293 e. The Kier molecular flexibility index (Phi) is 3.54. The first kappa shape index (κ1) is 15.1. The first-order chi connectivity index (χ1) is 12.1. The van der Waals surface area contributed by atoms with Crippen LogP contribution < -0.4 is 4.68 Å². The van der Waals surface area contributed by atoms with Gasteiger partial charge in [-0.05, 0) is 59.0 Å². The molecule has 0 radical (unpaired) electrons. The monoisotopic (exact) mass is 355 g/mol. The largest absolute Gasteiger partial charge is 0.293 e. The first-order valence-corrected chi connectivity index (χ1v) is 8.59. The third kappa shape index (κ3) is 2.76. The highest BCUT2D eigenvalue weighted by Crippen LogP contribution is 2.22. The zero-order chi connectivity index (χ0) is 17.3. The Balaban J connectivity index is 1.65. The molecule has 2 aromatic heterocycles. The van der Waals surface area contributed by atoms with Gasteiger partial charge >= 0.3 is 0 Å². The van der Waals surface area contributed by atoms with Crippen molar-refractivity contribution in [1.29, 1.82) is 0 Å². The van der Waals surface area contributed by atoms with Crippen molar-refractivity contribution in [2.24, 2.45) is 0 Å². The van der Waals surface area contributed by atoms with Crippen LogP contribution in [-0.2, 0) is 9.84 Å². The molecule has 0 fully saturated rings. The molecule has 0 saturated carbocycles. The molecule has 0 aliphatic carbocycles. The lowest BCUT2D eigenvalue weighted by Gasteiger charge is -2.06. The van der Waals surface area contributed by atoms with E-state index in [1.54, 1.807) is 28.9 Å². The Morgan fingerprint density at radius 1 is 0.920 bits per heavy atom. The first-order valence-electron chi connectivity index (χ1n) is 7.11. The van der Waals surface area contributed by atoms with Crippen molar-refractivity contribution >= 4 is 9.84 Å². The van der Waals surface area contributed by atoms with Crippen LogP contribution >= 0.6 is 0 Å². The second-order valence-corrected chi connectivity index (χ2v) is 7.00. The van der Waals surface area contributed by atoms with Crippen molar-refractivity contribution in [3.05, 3.63) is 61.2 Å². The van der Waals surface area contributed by atoms with Crippen LogP contribution in [0.1, 0.15) is 0 Å². The maximum absolute atomic E-state index is 12.7. The standard InChI is InChI=1S/C14H10N8O2S/c23-25(24,13-5-1-11(2-6-13)21-9-15-17-19-21)14-7-3-12(4-8-14)22-10-16-18-20-22/h1-10H/p+1. The molecule has 124 valence electrons. The molecule has 11 heteroatoms. The highest BCUT2D eigenvalue weighted by Gasteiger charge is 2.18. The number of nitrogens with one attached hydrogen (secondary N) is 1. The summed E-state index contributed by atoms with van der Waals surface area (Å²) in [6.45, 7) is 0. The summed E-state index contributed by atoms with van der Waals surface area (Å²) in [6.07, 6.45) is 2.92. The zero-order valence-electron chi connectivity index (χ0n) is 12.6. The molecule has 10 nitrogen and oxygen atoms in total. The Hall–Kier alpha value is -3.47. The van der Waals surface area contributed by atoms with E-state index in [4.69, 9.17) is 0 Å². The van der Waals surface area contributed by atoms with Crippen molar-refractivity contribution in [1.82, 2.24) is 35.7 Å². The van der Waals surface area contributed by atoms with Crippen LogP contribution in [0, 0.1) is 0 Å². The number of sulfone groups is 1. The summed E-state index contributed by atoms with van der Waals surface area (Å²) in [7, 11) is -3.62. The van der Waals surface area contributed by atoms with E-state index >= 15 is 0 Å². The Morgan fingerprint density at radius 2 is 1.60 bits per heavy atom. The van der Waals surface area contributed by atoms with Crippen molar-refractivity contribution in [2.75, 3.05) is 0 Å². The molecule has 0 amide bonds. The summed E-state index contributed by atoms with van der Waals surface area (Å²) in [6, 6.07) is 12.7. The molecule has 0 saturated heterocycles. The van der Waals surface area contributed by atoms with E-state index in [0.29, 0.717) is 5.69 Å². The second kappa shape index (κ2) is 5.87. The highest BCUT2D eigenvalue weighted by atomic mass is 32.2. The number of aromatic amines is 1. The Labute approximate surface area is 141 Å². The summed E-state index contributed by atoms with van der Waals surface area (Å²) in [5, 5.41) is 20.8. The molecule has 0 unspecified atom stereocenters. The number of benzene rings is 2. The van der Waals surface area contributed by atoms with Gasteiger partial charge < -0.3 is 0 Å². The van der Waals surface area contributed by atoms with Gasteiger partial charge in [-0.3, -0.25) is 0 Å². The van der Waals surface area contributed by atoms with E-state index < -0.39 is 9.84 Å². The zero-order valence-corrected chi connectivity index (χ0v) is 13.4. The van der Waals surface area contributed by atoms with Gasteiger partial charge in [0.25, 0.3) is 6.33 Å². The van der Waals surface area contributed by atoms with Gasteiger partial charge in [-0.15, -0.1) is 9.78 Å². The number of aromatic nitrogens is 8. The lowest BCUT2D eigenvalue weighted by molar-refractivity contribution is -0.660. The van der Waals surface area contributed by atoms with Crippen LogP contribution in [0.5, 0.6) is 0 Å². The number of nitrogens with zero attached hydrogens (tertiary/aromatic N) is 7. The topological polar surface area (TPSA) is 123 Å². The van der Waals surface area contributed by atoms with E-state index in [2.05, 4.69) is 31.1 Å². The molecule has 2 aromatic carbocycles. The molecule has 2 heterocycles. The smallest absolute Gasteiger partial charge is 0.219 e. The molecule has 4 aromatic rings. The molecule has 4 rings (SSSR count). The molecule has 0 atom stereocenters. The van der Waals surface area contributed by atoms with Gasteiger partial charge in [-0.1, -0.05) is 5.21 Å². The predicted molar refractivity (Wildman–Crippen MR) is 82.5 cm³/mol. The van der Waals surface area contributed by atoms with Crippen molar-refractivity contribution in [3.63, 3.8) is 0 Å². The molecule has 0 bridgehead atoms. The van der Waals surface area contributed by atoms with Crippen molar-refractivity contribution in [2.45, 2.75) is 9.79 Å². The fraction of sp³-hybridized carbons (Fsp3) is 0. The molecular formula is C14H11N8O2S+. The maximum atomic E-state index is 12.7. The summed E-state index contributed by atoms with van der Waals surface area (Å²) in [5.41, 5.74) is 1.39. The van der Waals surface area contributed by atoms with Gasteiger partial charge in [-0.25, -0.2) is 13.1 Å².